The van der Waals surface area contributed by atoms with Crippen molar-refractivity contribution in [3.63, 3.8) is 0 Å². The molecule has 0 unspecified atom stereocenters. The van der Waals surface area contributed by atoms with E-state index in [1.807, 2.05) is 0 Å². The molecule has 1 rings (SSSR count). The van der Waals surface area contributed by atoms with Crippen LogP contribution >= 0.6 is 24.0 Å². The molecule has 0 heterocycles. The third-order valence-electron chi connectivity index (χ3n) is 2.28. The zero-order valence-corrected chi connectivity index (χ0v) is 11.4. The maximum Gasteiger partial charge on any atom is 0.573 e. The molecule has 19 heavy (non-hydrogen) atoms. The average molecular weight is 320 g/mol. The normalized spacial score (nSPS) is 12.7. The van der Waals surface area contributed by atoms with Crippen LogP contribution in [0, 0.1) is 0 Å². The highest BCUT2D eigenvalue weighted by molar-refractivity contribution is 6.32. The fourth-order valence-corrected chi connectivity index (χ4v) is 1.66. The highest BCUT2D eigenvalue weighted by atomic mass is 35.5. The first kappa shape index (κ1) is 18.3. The minimum Gasteiger partial charge on any atom is -0.404 e. The lowest BCUT2D eigenvalue weighted by molar-refractivity contribution is -0.274. The Kier molecular flexibility index (Phi) is 7.51. The molecule has 0 saturated carbocycles. The summed E-state index contributed by atoms with van der Waals surface area (Å²) in [6, 6.07) is 3.51. The molecule has 1 aromatic rings. The van der Waals surface area contributed by atoms with Crippen molar-refractivity contribution < 1.29 is 23.0 Å². The van der Waals surface area contributed by atoms with Crippen molar-refractivity contribution in [2.45, 2.75) is 25.2 Å². The zero-order valence-electron chi connectivity index (χ0n) is 9.78. The SMILES string of the molecule is Cl.N[C@H](CCCO)c1ccc(OC(F)(F)F)c(Cl)c1. The molecule has 0 radical (unpaired) electrons. The highest BCUT2D eigenvalue weighted by Gasteiger charge is 2.32. The fraction of sp³-hybridized carbons (Fsp3) is 0.455. The van der Waals surface area contributed by atoms with Gasteiger partial charge in [0.15, 0.2) is 0 Å². The number of aliphatic hydroxyl groups is 1. The first-order valence-corrected chi connectivity index (χ1v) is 5.63. The number of ether oxygens (including phenoxy) is 1. The molecule has 0 amide bonds. The second-order valence-electron chi connectivity index (χ2n) is 3.71. The summed E-state index contributed by atoms with van der Waals surface area (Å²) in [5.41, 5.74) is 6.39. The number of nitrogens with two attached hydrogens (primary N) is 1. The van der Waals surface area contributed by atoms with Crippen LogP contribution in [0.1, 0.15) is 24.4 Å². The summed E-state index contributed by atoms with van der Waals surface area (Å²) < 4.78 is 39.8. The Balaban J connectivity index is 0.00000324. The summed E-state index contributed by atoms with van der Waals surface area (Å²) in [5, 5.41) is 8.51. The lowest BCUT2D eigenvalue weighted by atomic mass is 10.0. The third-order valence-corrected chi connectivity index (χ3v) is 2.58. The maximum atomic E-state index is 12.0. The van der Waals surface area contributed by atoms with Gasteiger partial charge in [0.05, 0.1) is 5.02 Å². The van der Waals surface area contributed by atoms with Crippen molar-refractivity contribution in [2.75, 3.05) is 6.61 Å². The van der Waals surface area contributed by atoms with E-state index < -0.39 is 12.1 Å². The van der Waals surface area contributed by atoms with Gasteiger partial charge in [-0.3, -0.25) is 0 Å². The molecular weight excluding hydrogens is 306 g/mol. The van der Waals surface area contributed by atoms with Crippen LogP contribution in [-0.4, -0.2) is 18.1 Å². The molecule has 3 nitrogen and oxygen atoms in total. The average Bonchev–Trinajstić information content (AvgIpc) is 2.27. The summed E-state index contributed by atoms with van der Waals surface area (Å²) in [5.74, 6) is -0.456. The largest absolute Gasteiger partial charge is 0.573 e. The van der Waals surface area contributed by atoms with Crippen LogP contribution in [0.4, 0.5) is 13.2 Å². The van der Waals surface area contributed by atoms with Crippen molar-refractivity contribution in [1.29, 1.82) is 0 Å². The summed E-state index contributed by atoms with van der Waals surface area (Å²) >= 11 is 5.68. The van der Waals surface area contributed by atoms with Crippen LogP contribution in [0.5, 0.6) is 5.75 Å². The first-order chi connectivity index (χ1) is 8.33. The molecule has 110 valence electrons. The molecule has 8 heteroatoms. The van der Waals surface area contributed by atoms with E-state index in [4.69, 9.17) is 22.4 Å². The van der Waals surface area contributed by atoms with E-state index in [0.717, 1.165) is 6.07 Å². The van der Waals surface area contributed by atoms with E-state index in [9.17, 15) is 13.2 Å². The predicted molar refractivity (Wildman–Crippen MR) is 68.6 cm³/mol. The molecule has 3 N–H and O–H groups in total. The number of benzene rings is 1. The number of hydrogen-bond donors (Lipinski definition) is 2. The number of alkyl halides is 3. The van der Waals surface area contributed by atoms with Crippen LogP contribution in [0.25, 0.3) is 0 Å². The first-order valence-electron chi connectivity index (χ1n) is 5.25. The van der Waals surface area contributed by atoms with Gasteiger partial charge in [-0.25, -0.2) is 0 Å². The van der Waals surface area contributed by atoms with Gasteiger partial charge >= 0.3 is 6.36 Å². The molecule has 0 aliphatic heterocycles. The highest BCUT2D eigenvalue weighted by Crippen LogP contribution is 2.32. The minimum absolute atomic E-state index is 0. The van der Waals surface area contributed by atoms with E-state index in [0.29, 0.717) is 18.4 Å². The maximum absolute atomic E-state index is 12.0. The number of aliphatic hydroxyl groups excluding tert-OH is 1. The Labute approximate surface area is 119 Å². The van der Waals surface area contributed by atoms with Gasteiger partial charge in [0, 0.05) is 12.6 Å². The van der Waals surface area contributed by atoms with Crippen LogP contribution in [0.15, 0.2) is 18.2 Å². The van der Waals surface area contributed by atoms with Gasteiger partial charge in [-0.15, -0.1) is 25.6 Å². The molecule has 0 saturated heterocycles. The van der Waals surface area contributed by atoms with Crippen molar-refractivity contribution in [2.24, 2.45) is 5.73 Å². The van der Waals surface area contributed by atoms with Crippen molar-refractivity contribution >= 4 is 24.0 Å². The molecular formula is C11H14Cl2F3NO2. The van der Waals surface area contributed by atoms with Crippen LogP contribution in [0.3, 0.4) is 0 Å². The van der Waals surface area contributed by atoms with Crippen LogP contribution < -0.4 is 10.5 Å². The van der Waals surface area contributed by atoms with Gasteiger partial charge in [0.1, 0.15) is 5.75 Å². The van der Waals surface area contributed by atoms with Gasteiger partial charge < -0.3 is 15.6 Å². The molecule has 0 spiro atoms. The number of halogens is 5. The fourth-order valence-electron chi connectivity index (χ4n) is 1.43. The lowest BCUT2D eigenvalue weighted by Gasteiger charge is -2.14. The standard InChI is InChI=1S/C11H13ClF3NO2.ClH/c12-8-6-7(9(16)2-1-5-17)3-4-10(8)18-11(13,14)15;/h3-4,6,9,17H,1-2,5,16H2;1H/t9-;/m1./s1. The zero-order chi connectivity index (χ0) is 13.8. The molecule has 1 atom stereocenters. The topological polar surface area (TPSA) is 55.5 Å². The minimum atomic E-state index is -4.77. The second-order valence-corrected chi connectivity index (χ2v) is 4.12. The van der Waals surface area contributed by atoms with Gasteiger partial charge in [0.25, 0.3) is 0 Å². The van der Waals surface area contributed by atoms with Crippen molar-refractivity contribution in [3.05, 3.63) is 28.8 Å². The summed E-state index contributed by atoms with van der Waals surface area (Å²) in [6.07, 6.45) is -3.74. The second kappa shape index (κ2) is 7.79. The molecule has 0 aliphatic rings. The summed E-state index contributed by atoms with van der Waals surface area (Å²) in [7, 11) is 0. The Hall–Kier alpha value is -0.690. The Morgan fingerprint density at radius 1 is 1.37 bits per heavy atom. The van der Waals surface area contributed by atoms with Crippen LogP contribution in [-0.2, 0) is 0 Å². The summed E-state index contributed by atoms with van der Waals surface area (Å²) in [4.78, 5) is 0. The Morgan fingerprint density at radius 2 is 2.00 bits per heavy atom. The number of hydrogen-bond acceptors (Lipinski definition) is 3. The molecule has 0 aromatic heterocycles. The van der Waals surface area contributed by atoms with E-state index in [1.165, 1.54) is 12.1 Å². The molecule has 0 fully saturated rings. The third kappa shape index (κ3) is 6.33. The van der Waals surface area contributed by atoms with Crippen LogP contribution in [0.2, 0.25) is 5.02 Å². The number of rotatable bonds is 5. The summed E-state index contributed by atoms with van der Waals surface area (Å²) in [6.45, 7) is 0.0106. The predicted octanol–water partition coefficient (Wildman–Crippen LogP) is 3.43. The van der Waals surface area contributed by atoms with Crippen molar-refractivity contribution in [3.8, 4) is 5.75 Å². The van der Waals surface area contributed by atoms with E-state index in [1.54, 1.807) is 0 Å². The van der Waals surface area contributed by atoms with E-state index in [-0.39, 0.29) is 30.1 Å². The van der Waals surface area contributed by atoms with Gasteiger partial charge in [-0.05, 0) is 30.5 Å². The Morgan fingerprint density at radius 3 is 2.47 bits per heavy atom. The smallest absolute Gasteiger partial charge is 0.404 e. The van der Waals surface area contributed by atoms with Gasteiger partial charge in [0.2, 0.25) is 0 Å². The van der Waals surface area contributed by atoms with Gasteiger partial charge in [-0.2, -0.15) is 0 Å². The van der Waals surface area contributed by atoms with E-state index in [2.05, 4.69) is 4.74 Å². The quantitative estimate of drug-likeness (QED) is 0.874. The molecule has 0 bridgehead atoms. The van der Waals surface area contributed by atoms with Crippen molar-refractivity contribution in [1.82, 2.24) is 0 Å². The molecule has 1 aromatic carbocycles. The molecule has 0 aliphatic carbocycles. The van der Waals surface area contributed by atoms with E-state index >= 15 is 0 Å². The van der Waals surface area contributed by atoms with Gasteiger partial charge in [-0.1, -0.05) is 17.7 Å². The lowest BCUT2D eigenvalue weighted by Crippen LogP contribution is -2.17. The monoisotopic (exact) mass is 319 g/mol. The Bertz CT molecular complexity index is 402.